The quantitative estimate of drug-likeness (QED) is 0.316. The summed E-state index contributed by atoms with van der Waals surface area (Å²) < 4.78 is 8.90. The Hall–Kier alpha value is -4.51. The van der Waals surface area contributed by atoms with Gasteiger partial charge in [-0.2, -0.15) is 0 Å². The second kappa shape index (κ2) is 12.3. The average molecular weight is 633 g/mol. The van der Waals surface area contributed by atoms with Gasteiger partial charge in [-0.3, -0.25) is 19.1 Å². The van der Waals surface area contributed by atoms with E-state index in [9.17, 15) is 14.7 Å². The van der Waals surface area contributed by atoms with Crippen molar-refractivity contribution in [3.05, 3.63) is 106 Å². The molecule has 8 rings (SSSR count). The van der Waals surface area contributed by atoms with Crippen LogP contribution in [0.2, 0.25) is 0 Å². The van der Waals surface area contributed by atoms with E-state index in [-0.39, 0.29) is 23.9 Å². The van der Waals surface area contributed by atoms with E-state index in [1.54, 1.807) is 12.4 Å². The normalized spacial score (nSPS) is 20.5. The van der Waals surface area contributed by atoms with E-state index in [1.807, 2.05) is 53.9 Å². The summed E-state index contributed by atoms with van der Waals surface area (Å²) in [4.78, 5) is 36.6. The molecule has 242 valence electrons. The number of nitrogens with zero attached hydrogens (tertiary/aromatic N) is 5. The lowest BCUT2D eigenvalue weighted by Crippen LogP contribution is -2.56. The summed E-state index contributed by atoms with van der Waals surface area (Å²) in [6.45, 7) is 7.29. The maximum atomic E-state index is 13.8. The fourth-order valence-corrected chi connectivity index (χ4v) is 7.49. The van der Waals surface area contributed by atoms with Crippen LogP contribution >= 0.6 is 0 Å². The van der Waals surface area contributed by atoms with Gasteiger partial charge in [0.15, 0.2) is 5.78 Å². The predicted molar refractivity (Wildman–Crippen MR) is 182 cm³/mol. The van der Waals surface area contributed by atoms with Gasteiger partial charge in [-0.25, -0.2) is 4.98 Å². The minimum Gasteiger partial charge on any atom is -0.392 e. The second-order valence-electron chi connectivity index (χ2n) is 13.1. The lowest BCUT2D eigenvalue weighted by atomic mass is 9.89. The number of pyridine rings is 1. The van der Waals surface area contributed by atoms with Crippen molar-refractivity contribution < 1.29 is 14.6 Å². The number of aryl methyl sites for hydroxylation is 2. The van der Waals surface area contributed by atoms with E-state index in [4.69, 9.17) is 4.74 Å². The number of ether oxygens (including phenoxy) is 1. The number of aliphatic hydroxyl groups is 1. The summed E-state index contributed by atoms with van der Waals surface area (Å²) >= 11 is 0. The highest BCUT2D eigenvalue weighted by atomic mass is 16.5. The first-order valence-electron chi connectivity index (χ1n) is 16.7. The molecule has 10 heteroatoms. The van der Waals surface area contributed by atoms with Gasteiger partial charge in [0.2, 0.25) is 0 Å². The van der Waals surface area contributed by atoms with Gasteiger partial charge in [0.05, 0.1) is 31.6 Å². The Morgan fingerprint density at radius 2 is 1.79 bits per heavy atom. The molecule has 1 unspecified atom stereocenters. The van der Waals surface area contributed by atoms with Crippen molar-refractivity contribution in [3.8, 4) is 5.82 Å². The number of carbonyl (C=O) groups is 1. The fourth-order valence-electron chi connectivity index (χ4n) is 7.49. The van der Waals surface area contributed by atoms with Crippen molar-refractivity contribution in [2.24, 2.45) is 5.92 Å². The molecule has 2 aliphatic heterocycles. The number of carbonyl (C=O) groups excluding carboxylic acids is 1. The molecule has 4 aliphatic rings. The third kappa shape index (κ3) is 5.40. The molecule has 0 bridgehead atoms. The summed E-state index contributed by atoms with van der Waals surface area (Å²) in [5.74, 6) is 0.0125. The first-order valence-corrected chi connectivity index (χ1v) is 16.7. The summed E-state index contributed by atoms with van der Waals surface area (Å²) in [6.07, 6.45) is 13.3. The minimum absolute atomic E-state index is 0.00683. The number of hydrogen-bond donors (Lipinski definition) is 2. The number of rotatable bonds is 7. The van der Waals surface area contributed by atoms with Crippen LogP contribution in [0.5, 0.6) is 0 Å². The molecule has 3 aromatic heterocycles. The lowest BCUT2D eigenvalue weighted by molar-refractivity contribution is -0.117. The number of benzene rings is 1. The number of ketones is 1. The van der Waals surface area contributed by atoms with Gasteiger partial charge in [-0.05, 0) is 84.9 Å². The highest BCUT2D eigenvalue weighted by Crippen LogP contribution is 2.32. The molecule has 1 atom stereocenters. The topological polar surface area (TPSA) is 104 Å². The molecule has 2 fully saturated rings. The van der Waals surface area contributed by atoms with Gasteiger partial charge in [0.25, 0.3) is 5.56 Å². The van der Waals surface area contributed by atoms with Gasteiger partial charge < -0.3 is 24.5 Å². The average Bonchev–Trinajstić information content (AvgIpc) is 3.46. The van der Waals surface area contributed by atoms with Crippen LogP contribution in [-0.4, -0.2) is 75.2 Å². The Labute approximate surface area is 273 Å². The van der Waals surface area contributed by atoms with Crippen LogP contribution < -0.4 is 15.8 Å². The van der Waals surface area contributed by atoms with Crippen LogP contribution in [0.3, 0.4) is 0 Å². The second-order valence-corrected chi connectivity index (χ2v) is 13.1. The van der Waals surface area contributed by atoms with Crippen molar-refractivity contribution in [3.63, 3.8) is 0 Å². The molecule has 0 amide bonds. The Balaban J connectivity index is 1.05. The van der Waals surface area contributed by atoms with E-state index in [0.29, 0.717) is 28.6 Å². The number of aliphatic hydroxyl groups excluding tert-OH is 1. The number of Topliss-reactive ketones (excluding diaryl/α,β-unsaturated/α-hetero) is 1. The highest BCUT2D eigenvalue weighted by Gasteiger charge is 2.29. The zero-order chi connectivity index (χ0) is 32.1. The van der Waals surface area contributed by atoms with E-state index < -0.39 is 0 Å². The third-order valence-electron chi connectivity index (χ3n) is 10.2. The third-order valence-corrected chi connectivity index (χ3v) is 10.2. The first-order chi connectivity index (χ1) is 23.0. The molecule has 2 N–H and O–H groups in total. The van der Waals surface area contributed by atoms with Crippen molar-refractivity contribution in [2.45, 2.75) is 45.3 Å². The monoisotopic (exact) mass is 632 g/mol. The highest BCUT2D eigenvalue weighted by molar-refractivity contribution is 6.06. The molecular formula is C37H40N6O4. The van der Waals surface area contributed by atoms with Crippen molar-refractivity contribution in [1.29, 1.82) is 0 Å². The standard InChI is InChI=1S/C37H40N6O4/c1-24-18-26(19-32(35(24)45)39-27-6-8-28(9-7-27)40-12-14-41(15-13-40)29-22-47-23-29)30-10-11-38-36(31(30)21-44)43-17-16-42-33-5-3-2-4-25(33)20-34(42)37(43)46/h6-11,16-20,24,29,39,44H,2-5,12-15,21-23H2,1H3. The van der Waals surface area contributed by atoms with Crippen molar-refractivity contribution >= 4 is 28.2 Å². The Kier molecular flexibility index (Phi) is 7.79. The van der Waals surface area contributed by atoms with E-state index in [2.05, 4.69) is 32.2 Å². The molecule has 4 aromatic rings. The maximum absolute atomic E-state index is 13.8. The van der Waals surface area contributed by atoms with Crippen LogP contribution in [-0.2, 0) is 29.0 Å². The van der Waals surface area contributed by atoms with Crippen LogP contribution in [0.25, 0.3) is 16.9 Å². The minimum atomic E-state index is -0.372. The van der Waals surface area contributed by atoms with E-state index in [0.717, 1.165) is 81.9 Å². The lowest BCUT2D eigenvalue weighted by Gasteiger charge is -2.43. The van der Waals surface area contributed by atoms with Gasteiger partial charge in [0.1, 0.15) is 11.3 Å². The van der Waals surface area contributed by atoms with Crippen molar-refractivity contribution in [1.82, 2.24) is 18.9 Å². The molecule has 10 nitrogen and oxygen atoms in total. The van der Waals surface area contributed by atoms with Crippen LogP contribution in [0.4, 0.5) is 11.4 Å². The number of aromatic nitrogens is 3. The van der Waals surface area contributed by atoms with Gasteiger partial charge in [-0.15, -0.1) is 0 Å². The Morgan fingerprint density at radius 3 is 2.53 bits per heavy atom. The SMILES string of the molecule is CC1C=C(c2ccnc(-n3ccn4c5c(cc4c3=O)CCCC5)c2CO)C=C(Nc2ccc(N3CCN(C4COC4)CC3)cc2)C1=O. The maximum Gasteiger partial charge on any atom is 0.280 e. The molecule has 1 aromatic carbocycles. The van der Waals surface area contributed by atoms with Gasteiger partial charge >= 0.3 is 0 Å². The number of nitrogens with one attached hydrogen (secondary N) is 1. The number of fused-ring (bicyclic) bond motifs is 3. The molecule has 47 heavy (non-hydrogen) atoms. The summed E-state index contributed by atoms with van der Waals surface area (Å²) in [6, 6.07) is 12.7. The predicted octanol–water partition coefficient (Wildman–Crippen LogP) is 3.98. The van der Waals surface area contributed by atoms with Crippen LogP contribution in [0.1, 0.15) is 42.1 Å². The molecule has 2 aliphatic carbocycles. The van der Waals surface area contributed by atoms with E-state index in [1.165, 1.54) is 21.5 Å². The fraction of sp³-hybridized carbons (Fsp3) is 0.378. The molecule has 5 heterocycles. The number of anilines is 2. The number of hydrogen-bond acceptors (Lipinski definition) is 8. The number of allylic oxidation sites excluding steroid dienone is 4. The Morgan fingerprint density at radius 1 is 1.00 bits per heavy atom. The summed E-state index contributed by atoms with van der Waals surface area (Å²) in [7, 11) is 0. The van der Waals surface area contributed by atoms with Crippen LogP contribution in [0, 0.1) is 5.92 Å². The smallest absolute Gasteiger partial charge is 0.280 e. The Bertz CT molecular complexity index is 1960. The molecule has 2 saturated heterocycles. The van der Waals surface area contributed by atoms with Gasteiger partial charge in [0, 0.05) is 73.3 Å². The molecular weight excluding hydrogens is 592 g/mol. The van der Waals surface area contributed by atoms with Gasteiger partial charge in [-0.1, -0.05) is 13.0 Å². The molecule has 0 spiro atoms. The van der Waals surface area contributed by atoms with Crippen LogP contribution in [0.15, 0.2) is 77.6 Å². The zero-order valence-corrected chi connectivity index (χ0v) is 26.7. The summed E-state index contributed by atoms with van der Waals surface area (Å²) in [5.41, 5.74) is 7.46. The van der Waals surface area contributed by atoms with Crippen molar-refractivity contribution in [2.75, 3.05) is 49.6 Å². The van der Waals surface area contributed by atoms with E-state index >= 15 is 0 Å². The first kappa shape index (κ1) is 29.9. The zero-order valence-electron chi connectivity index (χ0n) is 26.7. The number of piperazine rings is 1. The largest absolute Gasteiger partial charge is 0.392 e. The molecule has 0 saturated carbocycles. The molecule has 0 radical (unpaired) electrons. The summed E-state index contributed by atoms with van der Waals surface area (Å²) in [5, 5.41) is 14.0.